The fourth-order valence-electron chi connectivity index (χ4n) is 1.95. The van der Waals surface area contributed by atoms with Gasteiger partial charge < -0.3 is 10.6 Å². The van der Waals surface area contributed by atoms with Crippen LogP contribution < -0.4 is 5.73 Å². The number of nitrogens with two attached hydrogens (primary N) is 1. The molecule has 0 atom stereocenters. The molecule has 17 heavy (non-hydrogen) atoms. The first-order valence-electron chi connectivity index (χ1n) is 5.90. The van der Waals surface area contributed by atoms with Gasteiger partial charge in [0.15, 0.2) is 0 Å². The second-order valence-corrected chi connectivity index (χ2v) is 5.51. The van der Waals surface area contributed by atoms with E-state index >= 15 is 0 Å². The Kier molecular flexibility index (Phi) is 3.71. The van der Waals surface area contributed by atoms with Crippen molar-refractivity contribution in [1.82, 2.24) is 4.90 Å². The van der Waals surface area contributed by atoms with E-state index in [4.69, 9.17) is 17.3 Å². The van der Waals surface area contributed by atoms with E-state index in [1.807, 2.05) is 0 Å². The Morgan fingerprint density at radius 3 is 2.76 bits per heavy atom. The van der Waals surface area contributed by atoms with Gasteiger partial charge in [-0.25, -0.2) is 4.39 Å². The van der Waals surface area contributed by atoms with Crippen LogP contribution in [-0.2, 0) is 6.42 Å². The van der Waals surface area contributed by atoms with Gasteiger partial charge in [0.1, 0.15) is 5.82 Å². The molecule has 0 unspecified atom stereocenters. The molecular formula is C13H18ClFN2. The van der Waals surface area contributed by atoms with Crippen molar-refractivity contribution in [2.45, 2.75) is 24.8 Å². The molecule has 0 amide bonds. The van der Waals surface area contributed by atoms with Gasteiger partial charge in [0.2, 0.25) is 0 Å². The third-order valence-electron chi connectivity index (χ3n) is 3.24. The first-order chi connectivity index (χ1) is 7.98. The Bertz CT molecular complexity index is 404. The molecule has 4 heteroatoms. The van der Waals surface area contributed by atoms with Gasteiger partial charge in [-0.1, -0.05) is 17.7 Å². The summed E-state index contributed by atoms with van der Waals surface area (Å²) in [6, 6.07) is 4.90. The van der Waals surface area contributed by atoms with Gasteiger partial charge in [-0.05, 0) is 44.0 Å². The lowest BCUT2D eigenvalue weighted by atomic mass is 10.1. The van der Waals surface area contributed by atoms with Gasteiger partial charge in [0.05, 0.1) is 5.02 Å². The number of benzene rings is 1. The van der Waals surface area contributed by atoms with Crippen molar-refractivity contribution in [3.8, 4) is 0 Å². The van der Waals surface area contributed by atoms with Crippen LogP contribution >= 0.6 is 11.6 Å². The molecule has 0 aromatic heterocycles. The molecule has 0 bridgehead atoms. The second kappa shape index (κ2) is 4.92. The zero-order valence-corrected chi connectivity index (χ0v) is 10.8. The minimum atomic E-state index is -0.359. The van der Waals surface area contributed by atoms with Crippen molar-refractivity contribution < 1.29 is 4.39 Å². The summed E-state index contributed by atoms with van der Waals surface area (Å²) in [4.78, 5) is 2.23. The maximum atomic E-state index is 13.0. The van der Waals surface area contributed by atoms with E-state index in [1.165, 1.54) is 6.07 Å². The number of likely N-dealkylation sites (N-methyl/N-ethyl adjacent to an activating group) is 1. The Labute approximate surface area is 107 Å². The van der Waals surface area contributed by atoms with Crippen molar-refractivity contribution in [1.29, 1.82) is 0 Å². The lowest BCUT2D eigenvalue weighted by molar-refractivity contribution is 0.306. The number of rotatable bonds is 5. The van der Waals surface area contributed by atoms with E-state index in [0.717, 1.165) is 37.9 Å². The molecule has 2 nitrogen and oxygen atoms in total. The monoisotopic (exact) mass is 256 g/mol. The maximum absolute atomic E-state index is 13.0. The third kappa shape index (κ3) is 3.66. The average Bonchev–Trinajstić information content (AvgIpc) is 2.98. The van der Waals surface area contributed by atoms with Gasteiger partial charge in [-0.2, -0.15) is 0 Å². The quantitative estimate of drug-likeness (QED) is 0.877. The molecule has 1 fully saturated rings. The normalized spacial score (nSPS) is 17.5. The highest BCUT2D eigenvalue weighted by atomic mass is 35.5. The van der Waals surface area contributed by atoms with Crippen LogP contribution in [0.25, 0.3) is 0 Å². The summed E-state index contributed by atoms with van der Waals surface area (Å²) in [5, 5.41) is 0.197. The molecule has 0 saturated heterocycles. The highest BCUT2D eigenvalue weighted by molar-refractivity contribution is 6.30. The van der Waals surface area contributed by atoms with E-state index in [-0.39, 0.29) is 16.4 Å². The number of hydrogen-bond acceptors (Lipinski definition) is 2. The van der Waals surface area contributed by atoms with Crippen LogP contribution in [0.4, 0.5) is 4.39 Å². The van der Waals surface area contributed by atoms with Gasteiger partial charge in [-0.15, -0.1) is 0 Å². The van der Waals surface area contributed by atoms with Gasteiger partial charge in [-0.3, -0.25) is 0 Å². The first-order valence-corrected chi connectivity index (χ1v) is 6.28. The third-order valence-corrected chi connectivity index (χ3v) is 3.53. The molecule has 1 saturated carbocycles. The van der Waals surface area contributed by atoms with Crippen molar-refractivity contribution in [3.63, 3.8) is 0 Å². The fourth-order valence-corrected chi connectivity index (χ4v) is 2.15. The molecule has 0 heterocycles. The van der Waals surface area contributed by atoms with Crippen LogP contribution in [0.15, 0.2) is 18.2 Å². The van der Waals surface area contributed by atoms with Crippen LogP contribution in [-0.4, -0.2) is 30.6 Å². The average molecular weight is 257 g/mol. The standard InChI is InChI=1S/C13H18ClFN2/c1-17(9-13(16)5-6-13)7-4-10-2-3-12(15)11(14)8-10/h2-3,8H,4-7,9,16H2,1H3. The van der Waals surface area contributed by atoms with Gasteiger partial charge in [0.25, 0.3) is 0 Å². The molecule has 0 radical (unpaired) electrons. The van der Waals surface area contributed by atoms with Crippen LogP contribution in [0.2, 0.25) is 5.02 Å². The van der Waals surface area contributed by atoms with Crippen molar-refractivity contribution >= 4 is 11.6 Å². The molecule has 0 spiro atoms. The molecule has 1 aliphatic rings. The van der Waals surface area contributed by atoms with Gasteiger partial charge in [0, 0.05) is 18.6 Å². The molecule has 2 N–H and O–H groups in total. The summed E-state index contributed by atoms with van der Waals surface area (Å²) in [5.74, 6) is -0.359. The van der Waals surface area contributed by atoms with E-state index in [2.05, 4.69) is 11.9 Å². The zero-order valence-electron chi connectivity index (χ0n) is 10.0. The van der Waals surface area contributed by atoms with E-state index in [9.17, 15) is 4.39 Å². The summed E-state index contributed by atoms with van der Waals surface area (Å²) >= 11 is 5.74. The molecule has 1 aromatic carbocycles. The first kappa shape index (κ1) is 12.8. The molecule has 0 aliphatic heterocycles. The Balaban J connectivity index is 1.82. The summed E-state index contributed by atoms with van der Waals surface area (Å²) in [5.41, 5.74) is 7.16. The summed E-state index contributed by atoms with van der Waals surface area (Å²) in [7, 11) is 2.07. The van der Waals surface area contributed by atoms with Crippen molar-refractivity contribution in [2.75, 3.05) is 20.1 Å². The summed E-state index contributed by atoms with van der Waals surface area (Å²) in [6.45, 7) is 1.85. The molecule has 1 aromatic rings. The van der Waals surface area contributed by atoms with Crippen LogP contribution in [0, 0.1) is 5.82 Å². The van der Waals surface area contributed by atoms with E-state index in [1.54, 1.807) is 12.1 Å². The van der Waals surface area contributed by atoms with Crippen LogP contribution in [0.1, 0.15) is 18.4 Å². The lowest BCUT2D eigenvalue weighted by Gasteiger charge is -2.20. The fraction of sp³-hybridized carbons (Fsp3) is 0.538. The summed E-state index contributed by atoms with van der Waals surface area (Å²) in [6.07, 6.45) is 3.12. The Morgan fingerprint density at radius 1 is 1.47 bits per heavy atom. The molecular weight excluding hydrogens is 239 g/mol. The predicted octanol–water partition coefficient (Wildman–Crippen LogP) is 2.44. The van der Waals surface area contributed by atoms with Crippen molar-refractivity contribution in [3.05, 3.63) is 34.6 Å². The predicted molar refractivity (Wildman–Crippen MR) is 68.8 cm³/mol. The minimum absolute atomic E-state index is 0.0508. The number of nitrogens with zero attached hydrogens (tertiary/aromatic N) is 1. The maximum Gasteiger partial charge on any atom is 0.141 e. The van der Waals surface area contributed by atoms with Crippen molar-refractivity contribution in [2.24, 2.45) is 5.73 Å². The topological polar surface area (TPSA) is 29.3 Å². The summed E-state index contributed by atoms with van der Waals surface area (Å²) < 4.78 is 13.0. The SMILES string of the molecule is CN(CCc1ccc(F)c(Cl)c1)CC1(N)CC1. The van der Waals surface area contributed by atoms with E-state index < -0.39 is 0 Å². The Hall–Kier alpha value is -0.640. The minimum Gasteiger partial charge on any atom is -0.324 e. The van der Waals surface area contributed by atoms with Gasteiger partial charge >= 0.3 is 0 Å². The molecule has 94 valence electrons. The number of halogens is 2. The van der Waals surface area contributed by atoms with Crippen LogP contribution in [0.5, 0.6) is 0 Å². The lowest BCUT2D eigenvalue weighted by Crippen LogP contribution is -2.38. The highest BCUT2D eigenvalue weighted by Crippen LogP contribution is 2.32. The zero-order chi connectivity index (χ0) is 12.5. The smallest absolute Gasteiger partial charge is 0.141 e. The highest BCUT2D eigenvalue weighted by Gasteiger charge is 2.38. The van der Waals surface area contributed by atoms with Crippen LogP contribution in [0.3, 0.4) is 0 Å². The molecule has 2 rings (SSSR count). The Morgan fingerprint density at radius 2 is 2.18 bits per heavy atom. The largest absolute Gasteiger partial charge is 0.324 e. The number of hydrogen-bond donors (Lipinski definition) is 1. The molecule has 1 aliphatic carbocycles. The van der Waals surface area contributed by atoms with E-state index in [0.29, 0.717) is 0 Å². The second-order valence-electron chi connectivity index (χ2n) is 5.10.